The molecule has 2 rings (SSSR count). The summed E-state index contributed by atoms with van der Waals surface area (Å²) in [7, 11) is 2.06. The summed E-state index contributed by atoms with van der Waals surface area (Å²) in [4.78, 5) is 13.1. The Morgan fingerprint density at radius 1 is 1.14 bits per heavy atom. The van der Waals surface area contributed by atoms with E-state index in [0.29, 0.717) is 5.56 Å². The Kier molecular flexibility index (Phi) is 5.15. The second-order valence-electron chi connectivity index (χ2n) is 5.21. The smallest absolute Gasteiger partial charge is 0.335 e. The summed E-state index contributed by atoms with van der Waals surface area (Å²) in [5, 5.41) is 8.98. The van der Waals surface area contributed by atoms with Gasteiger partial charge in [-0.15, -0.1) is 0 Å². The number of aromatic carboxylic acids is 1. The molecule has 3 nitrogen and oxygen atoms in total. The van der Waals surface area contributed by atoms with Crippen LogP contribution in [0.5, 0.6) is 0 Å². The Morgan fingerprint density at radius 2 is 1.81 bits per heavy atom. The molecule has 0 heterocycles. The van der Waals surface area contributed by atoms with Gasteiger partial charge in [-0.25, -0.2) is 4.79 Å². The number of nitrogens with zero attached hydrogens (tertiary/aromatic N) is 1. The molecule has 0 atom stereocenters. The molecule has 110 valence electrons. The van der Waals surface area contributed by atoms with Crippen LogP contribution in [0.15, 0.2) is 46.9 Å². The fraction of sp³-hybridized carbons (Fsp3) is 0.235. The number of rotatable bonds is 5. The molecule has 0 bridgehead atoms. The van der Waals surface area contributed by atoms with Gasteiger partial charge in [0.15, 0.2) is 0 Å². The van der Waals surface area contributed by atoms with Crippen molar-refractivity contribution in [3.05, 3.63) is 69.2 Å². The Labute approximate surface area is 133 Å². The molecular weight excluding hydrogens is 330 g/mol. The third-order valence-corrected chi connectivity index (χ3v) is 4.18. The van der Waals surface area contributed by atoms with Gasteiger partial charge in [0.05, 0.1) is 5.56 Å². The summed E-state index contributed by atoms with van der Waals surface area (Å²) in [6, 6.07) is 13.5. The zero-order valence-corrected chi connectivity index (χ0v) is 13.7. The molecule has 4 heteroatoms. The van der Waals surface area contributed by atoms with Crippen LogP contribution in [0, 0.1) is 6.92 Å². The first-order valence-corrected chi connectivity index (χ1v) is 7.51. The van der Waals surface area contributed by atoms with Gasteiger partial charge in [0, 0.05) is 17.6 Å². The van der Waals surface area contributed by atoms with E-state index in [2.05, 4.69) is 46.9 Å². The van der Waals surface area contributed by atoms with E-state index in [1.54, 1.807) is 12.1 Å². The lowest BCUT2D eigenvalue weighted by atomic mass is 10.1. The SMILES string of the molecule is Cc1ccccc1CN(C)Cc1ccc(C(=O)O)cc1Br. The van der Waals surface area contributed by atoms with Crippen LogP contribution in [-0.2, 0) is 13.1 Å². The van der Waals surface area contributed by atoms with Crippen LogP contribution in [0.2, 0.25) is 0 Å². The quantitative estimate of drug-likeness (QED) is 0.885. The molecule has 0 saturated heterocycles. The van der Waals surface area contributed by atoms with Crippen LogP contribution in [0.1, 0.15) is 27.0 Å². The van der Waals surface area contributed by atoms with Gasteiger partial charge in [0.2, 0.25) is 0 Å². The van der Waals surface area contributed by atoms with E-state index in [0.717, 1.165) is 23.1 Å². The molecule has 0 amide bonds. The lowest BCUT2D eigenvalue weighted by Crippen LogP contribution is -2.18. The molecule has 0 aliphatic rings. The van der Waals surface area contributed by atoms with Crippen molar-refractivity contribution in [1.29, 1.82) is 0 Å². The topological polar surface area (TPSA) is 40.5 Å². The standard InChI is InChI=1S/C17H18BrNO2/c1-12-5-3-4-6-14(12)10-19(2)11-15-8-7-13(17(20)21)9-16(15)18/h3-9H,10-11H2,1-2H3,(H,20,21). The summed E-state index contributed by atoms with van der Waals surface area (Å²) >= 11 is 3.45. The summed E-state index contributed by atoms with van der Waals surface area (Å²) in [5.41, 5.74) is 3.96. The van der Waals surface area contributed by atoms with Gasteiger partial charge in [-0.1, -0.05) is 46.3 Å². The largest absolute Gasteiger partial charge is 0.478 e. The number of hydrogen-bond acceptors (Lipinski definition) is 2. The Balaban J connectivity index is 2.08. The molecule has 0 radical (unpaired) electrons. The van der Waals surface area contributed by atoms with Gasteiger partial charge >= 0.3 is 5.97 Å². The molecular formula is C17H18BrNO2. The van der Waals surface area contributed by atoms with E-state index >= 15 is 0 Å². The van der Waals surface area contributed by atoms with E-state index in [1.165, 1.54) is 11.1 Å². The highest BCUT2D eigenvalue weighted by molar-refractivity contribution is 9.10. The van der Waals surface area contributed by atoms with Crippen LogP contribution >= 0.6 is 15.9 Å². The molecule has 0 aliphatic heterocycles. The van der Waals surface area contributed by atoms with Crippen LogP contribution in [0.3, 0.4) is 0 Å². The fourth-order valence-corrected chi connectivity index (χ4v) is 2.74. The Hall–Kier alpha value is -1.65. The van der Waals surface area contributed by atoms with Crippen molar-refractivity contribution in [1.82, 2.24) is 4.90 Å². The number of carboxylic acids is 1. The van der Waals surface area contributed by atoms with Crippen molar-refractivity contribution in [2.75, 3.05) is 7.05 Å². The predicted octanol–water partition coefficient (Wildman–Crippen LogP) is 4.09. The van der Waals surface area contributed by atoms with E-state index in [-0.39, 0.29) is 0 Å². The van der Waals surface area contributed by atoms with E-state index in [1.807, 2.05) is 18.2 Å². The van der Waals surface area contributed by atoms with Gasteiger partial charge in [-0.3, -0.25) is 4.90 Å². The molecule has 0 saturated carbocycles. The second kappa shape index (κ2) is 6.87. The monoisotopic (exact) mass is 347 g/mol. The van der Waals surface area contributed by atoms with Crippen LogP contribution in [0.4, 0.5) is 0 Å². The zero-order chi connectivity index (χ0) is 15.4. The van der Waals surface area contributed by atoms with E-state index < -0.39 is 5.97 Å². The summed E-state index contributed by atoms with van der Waals surface area (Å²) in [5.74, 6) is -0.907. The van der Waals surface area contributed by atoms with Gasteiger partial charge in [0.1, 0.15) is 0 Å². The maximum Gasteiger partial charge on any atom is 0.335 e. The van der Waals surface area contributed by atoms with Crippen molar-refractivity contribution in [3.63, 3.8) is 0 Å². The first kappa shape index (κ1) is 15.7. The molecule has 0 unspecified atom stereocenters. The number of carboxylic acid groups (broad SMARTS) is 1. The number of benzene rings is 2. The van der Waals surface area contributed by atoms with Gasteiger partial charge in [-0.05, 0) is 42.8 Å². The molecule has 0 fully saturated rings. The molecule has 0 aromatic heterocycles. The minimum absolute atomic E-state index is 0.298. The second-order valence-corrected chi connectivity index (χ2v) is 6.06. The molecule has 2 aromatic rings. The minimum atomic E-state index is -0.907. The molecule has 0 aliphatic carbocycles. The van der Waals surface area contributed by atoms with Crippen molar-refractivity contribution < 1.29 is 9.90 Å². The third-order valence-electron chi connectivity index (χ3n) is 3.44. The Morgan fingerprint density at radius 3 is 2.43 bits per heavy atom. The molecule has 1 N–H and O–H groups in total. The lowest BCUT2D eigenvalue weighted by molar-refractivity contribution is 0.0697. The third kappa shape index (κ3) is 4.16. The van der Waals surface area contributed by atoms with Crippen LogP contribution < -0.4 is 0 Å². The average molecular weight is 348 g/mol. The highest BCUT2D eigenvalue weighted by atomic mass is 79.9. The van der Waals surface area contributed by atoms with Crippen molar-refractivity contribution in [2.24, 2.45) is 0 Å². The summed E-state index contributed by atoms with van der Waals surface area (Å²) in [6.07, 6.45) is 0. The first-order valence-electron chi connectivity index (χ1n) is 6.72. The Bertz CT molecular complexity index is 655. The zero-order valence-electron chi connectivity index (χ0n) is 12.1. The molecule has 21 heavy (non-hydrogen) atoms. The van der Waals surface area contributed by atoms with E-state index in [9.17, 15) is 4.79 Å². The maximum atomic E-state index is 10.9. The number of carbonyl (C=O) groups is 1. The first-order chi connectivity index (χ1) is 9.97. The normalized spacial score (nSPS) is 10.9. The van der Waals surface area contributed by atoms with Crippen molar-refractivity contribution >= 4 is 21.9 Å². The highest BCUT2D eigenvalue weighted by Crippen LogP contribution is 2.21. The maximum absolute atomic E-state index is 10.9. The van der Waals surface area contributed by atoms with Crippen molar-refractivity contribution in [3.8, 4) is 0 Å². The van der Waals surface area contributed by atoms with Crippen LogP contribution in [-0.4, -0.2) is 23.0 Å². The number of halogens is 1. The molecule has 0 spiro atoms. The summed E-state index contributed by atoms with van der Waals surface area (Å²) in [6.45, 7) is 3.73. The van der Waals surface area contributed by atoms with Gasteiger partial charge in [-0.2, -0.15) is 0 Å². The number of hydrogen-bond donors (Lipinski definition) is 1. The van der Waals surface area contributed by atoms with Gasteiger partial charge in [0.25, 0.3) is 0 Å². The number of aryl methyl sites for hydroxylation is 1. The van der Waals surface area contributed by atoms with Crippen molar-refractivity contribution in [2.45, 2.75) is 20.0 Å². The average Bonchev–Trinajstić information content (AvgIpc) is 2.43. The lowest BCUT2D eigenvalue weighted by Gasteiger charge is -2.19. The summed E-state index contributed by atoms with van der Waals surface area (Å²) < 4.78 is 0.832. The highest BCUT2D eigenvalue weighted by Gasteiger charge is 2.09. The van der Waals surface area contributed by atoms with E-state index in [4.69, 9.17) is 5.11 Å². The predicted molar refractivity (Wildman–Crippen MR) is 87.5 cm³/mol. The van der Waals surface area contributed by atoms with Crippen LogP contribution in [0.25, 0.3) is 0 Å². The minimum Gasteiger partial charge on any atom is -0.478 e. The van der Waals surface area contributed by atoms with Gasteiger partial charge < -0.3 is 5.11 Å². The molecule has 2 aromatic carbocycles. The fourth-order valence-electron chi connectivity index (χ4n) is 2.23.